The van der Waals surface area contributed by atoms with E-state index in [1.807, 2.05) is 0 Å². The van der Waals surface area contributed by atoms with E-state index in [-0.39, 0.29) is 16.6 Å². The molecule has 0 aliphatic carbocycles. The van der Waals surface area contributed by atoms with Crippen molar-refractivity contribution in [3.05, 3.63) is 52.3 Å². The van der Waals surface area contributed by atoms with E-state index in [4.69, 9.17) is 9.47 Å². The normalized spacial score (nSPS) is 19.4. The molecular formula is C15H10O6S2. The highest BCUT2D eigenvalue weighted by molar-refractivity contribution is 8.17. The van der Waals surface area contributed by atoms with Crippen molar-refractivity contribution in [1.29, 1.82) is 0 Å². The highest BCUT2D eigenvalue weighted by Crippen LogP contribution is 2.42. The van der Waals surface area contributed by atoms with Crippen LogP contribution in [-0.2, 0) is 19.7 Å². The maximum absolute atomic E-state index is 12.5. The lowest BCUT2D eigenvalue weighted by molar-refractivity contribution is 0.174. The topological polar surface area (TPSA) is 86.7 Å². The van der Waals surface area contributed by atoms with E-state index in [0.717, 1.165) is 6.08 Å². The fourth-order valence-corrected chi connectivity index (χ4v) is 7.10. The van der Waals surface area contributed by atoms with Crippen molar-refractivity contribution in [3.63, 3.8) is 0 Å². The summed E-state index contributed by atoms with van der Waals surface area (Å²) in [5, 5.41) is 0. The smallest absolute Gasteiger partial charge is 0.231 e. The van der Waals surface area contributed by atoms with Crippen LogP contribution in [0.3, 0.4) is 0 Å². The molecule has 118 valence electrons. The van der Waals surface area contributed by atoms with Gasteiger partial charge in [-0.05, 0) is 35.9 Å². The van der Waals surface area contributed by atoms with Crippen LogP contribution in [-0.4, -0.2) is 23.6 Å². The number of sulfone groups is 2. The van der Waals surface area contributed by atoms with Crippen LogP contribution in [0.15, 0.2) is 56.5 Å². The molecule has 0 N–H and O–H groups in total. The number of rotatable bonds is 1. The molecule has 4 rings (SSSR count). The van der Waals surface area contributed by atoms with Crippen molar-refractivity contribution in [2.24, 2.45) is 0 Å². The minimum absolute atomic E-state index is 0.0808. The molecule has 8 heteroatoms. The molecule has 0 bridgehead atoms. The fraction of sp³-hybridized carbons (Fsp3) is 0.0667. The molecule has 0 atom stereocenters. The minimum atomic E-state index is -4.07. The maximum atomic E-state index is 12.5. The van der Waals surface area contributed by atoms with Crippen LogP contribution in [0.4, 0.5) is 0 Å². The molecule has 0 amide bonds. The summed E-state index contributed by atoms with van der Waals surface area (Å²) in [6, 6.07) is 10.3. The van der Waals surface area contributed by atoms with Crippen molar-refractivity contribution < 1.29 is 26.3 Å². The van der Waals surface area contributed by atoms with Gasteiger partial charge in [-0.1, -0.05) is 18.2 Å². The van der Waals surface area contributed by atoms with Crippen LogP contribution in [0, 0.1) is 0 Å². The summed E-state index contributed by atoms with van der Waals surface area (Å²) in [6.07, 6.45) is 1.15. The van der Waals surface area contributed by atoms with Crippen LogP contribution in [0.25, 0.3) is 6.08 Å². The van der Waals surface area contributed by atoms with E-state index in [0.29, 0.717) is 17.1 Å². The standard InChI is InChI=1S/C15H10O6S2/c16-22(17)13-3-1-2-4-14(13)23(18,19)15(22)8-10-5-6-11-12(7-10)21-9-20-11/h1-8H,9H2. The van der Waals surface area contributed by atoms with Crippen molar-refractivity contribution >= 4 is 25.8 Å². The Kier molecular flexibility index (Phi) is 2.85. The molecule has 0 fully saturated rings. The van der Waals surface area contributed by atoms with Crippen LogP contribution < -0.4 is 9.47 Å². The molecular weight excluding hydrogens is 340 g/mol. The van der Waals surface area contributed by atoms with E-state index in [9.17, 15) is 16.8 Å². The van der Waals surface area contributed by atoms with Gasteiger partial charge in [0.2, 0.25) is 26.5 Å². The zero-order chi connectivity index (χ0) is 16.2. The average Bonchev–Trinajstić information content (AvgIpc) is 3.04. The predicted molar refractivity (Wildman–Crippen MR) is 81.4 cm³/mol. The predicted octanol–water partition coefficient (Wildman–Crippen LogP) is 1.97. The van der Waals surface area contributed by atoms with E-state index in [1.165, 1.54) is 24.3 Å². The number of fused-ring (bicyclic) bond motifs is 2. The largest absolute Gasteiger partial charge is 0.454 e. The molecule has 2 aliphatic rings. The van der Waals surface area contributed by atoms with E-state index >= 15 is 0 Å². The summed E-state index contributed by atoms with van der Waals surface area (Å²) in [5.74, 6) is 0.984. The Hall–Kier alpha value is -2.32. The molecule has 2 heterocycles. The van der Waals surface area contributed by atoms with Gasteiger partial charge in [-0.15, -0.1) is 0 Å². The lowest BCUT2D eigenvalue weighted by Gasteiger charge is -2.01. The first kappa shape index (κ1) is 14.3. The van der Waals surface area contributed by atoms with Crippen LogP contribution in [0.5, 0.6) is 11.5 Å². The van der Waals surface area contributed by atoms with Crippen LogP contribution >= 0.6 is 0 Å². The minimum Gasteiger partial charge on any atom is -0.454 e. The molecule has 0 saturated heterocycles. The average molecular weight is 350 g/mol. The molecule has 2 aliphatic heterocycles. The molecule has 0 aromatic heterocycles. The third kappa shape index (κ3) is 1.98. The molecule has 2 aromatic rings. The Balaban J connectivity index is 1.93. The summed E-state index contributed by atoms with van der Waals surface area (Å²) >= 11 is 0. The summed E-state index contributed by atoms with van der Waals surface area (Å²) in [6.45, 7) is 0.0808. The molecule has 0 saturated carbocycles. The van der Waals surface area contributed by atoms with E-state index < -0.39 is 23.9 Å². The van der Waals surface area contributed by atoms with Gasteiger partial charge in [0, 0.05) is 0 Å². The highest BCUT2D eigenvalue weighted by Gasteiger charge is 2.44. The zero-order valence-electron chi connectivity index (χ0n) is 11.6. The first-order valence-electron chi connectivity index (χ1n) is 6.61. The van der Waals surface area contributed by atoms with Gasteiger partial charge in [-0.2, -0.15) is 0 Å². The molecule has 0 radical (unpaired) electrons. The number of ether oxygens (including phenoxy) is 2. The van der Waals surface area contributed by atoms with Gasteiger partial charge < -0.3 is 9.47 Å². The third-order valence-electron chi connectivity index (χ3n) is 3.64. The summed E-state index contributed by atoms with van der Waals surface area (Å²) in [5.41, 5.74) is 0.407. The van der Waals surface area contributed by atoms with Crippen LogP contribution in [0.2, 0.25) is 0 Å². The fourth-order valence-electron chi connectivity index (χ4n) is 2.55. The number of hydrogen-bond acceptors (Lipinski definition) is 6. The Labute approximate surface area is 132 Å². The van der Waals surface area contributed by atoms with Gasteiger partial charge in [0.25, 0.3) is 0 Å². The second-order valence-corrected chi connectivity index (χ2v) is 9.06. The Morgan fingerprint density at radius 3 is 2.09 bits per heavy atom. The van der Waals surface area contributed by atoms with Gasteiger partial charge in [-0.25, -0.2) is 16.8 Å². The van der Waals surface area contributed by atoms with Gasteiger partial charge in [0.05, 0.1) is 9.79 Å². The first-order valence-corrected chi connectivity index (χ1v) is 9.58. The van der Waals surface area contributed by atoms with Gasteiger partial charge in [-0.3, -0.25) is 0 Å². The van der Waals surface area contributed by atoms with Gasteiger partial charge in [0.15, 0.2) is 15.7 Å². The Morgan fingerprint density at radius 1 is 0.826 bits per heavy atom. The van der Waals surface area contributed by atoms with E-state index in [1.54, 1.807) is 18.2 Å². The summed E-state index contributed by atoms with van der Waals surface area (Å²) < 4.78 is 59.9. The zero-order valence-corrected chi connectivity index (χ0v) is 13.2. The third-order valence-corrected chi connectivity index (χ3v) is 8.25. The quantitative estimate of drug-likeness (QED) is 0.781. The maximum Gasteiger partial charge on any atom is 0.231 e. The lowest BCUT2D eigenvalue weighted by Crippen LogP contribution is -2.03. The second-order valence-electron chi connectivity index (χ2n) is 5.03. The molecule has 0 unspecified atom stereocenters. The second kappa shape index (κ2) is 4.59. The SMILES string of the molecule is O=S1(=O)C(=Cc2ccc3c(c2)OCO3)S(=O)(=O)c2ccccc21. The highest BCUT2D eigenvalue weighted by atomic mass is 32.3. The van der Waals surface area contributed by atoms with Crippen molar-refractivity contribution in [3.8, 4) is 11.5 Å². The van der Waals surface area contributed by atoms with Gasteiger partial charge in [0.1, 0.15) is 0 Å². The molecule has 6 nitrogen and oxygen atoms in total. The molecule has 0 spiro atoms. The molecule has 2 aromatic carbocycles. The Bertz CT molecular complexity index is 1010. The van der Waals surface area contributed by atoms with Gasteiger partial charge >= 0.3 is 0 Å². The first-order chi connectivity index (χ1) is 10.9. The monoisotopic (exact) mass is 350 g/mol. The van der Waals surface area contributed by atoms with Crippen molar-refractivity contribution in [1.82, 2.24) is 0 Å². The van der Waals surface area contributed by atoms with Crippen molar-refractivity contribution in [2.75, 3.05) is 6.79 Å². The number of benzene rings is 2. The molecule has 23 heavy (non-hydrogen) atoms. The van der Waals surface area contributed by atoms with Crippen LogP contribution in [0.1, 0.15) is 5.56 Å². The summed E-state index contributed by atoms with van der Waals surface area (Å²) in [7, 11) is -8.13. The van der Waals surface area contributed by atoms with Crippen molar-refractivity contribution in [2.45, 2.75) is 9.79 Å². The Morgan fingerprint density at radius 2 is 1.43 bits per heavy atom. The van der Waals surface area contributed by atoms with E-state index in [2.05, 4.69) is 0 Å². The summed E-state index contributed by atoms with van der Waals surface area (Å²) in [4.78, 5) is -0.376. The number of hydrogen-bond donors (Lipinski definition) is 0. The lowest BCUT2D eigenvalue weighted by atomic mass is 10.2.